The van der Waals surface area contributed by atoms with Gasteiger partial charge in [-0.1, -0.05) is 72.8 Å². The van der Waals surface area contributed by atoms with Gasteiger partial charge >= 0.3 is 5.97 Å². The molecular formula is C31H30N2O4. The molecule has 37 heavy (non-hydrogen) atoms. The number of esters is 1. The van der Waals surface area contributed by atoms with Crippen LogP contribution >= 0.6 is 0 Å². The molecule has 5 rings (SSSR count). The number of nitrogens with zero attached hydrogens (tertiary/aromatic N) is 2. The molecule has 0 radical (unpaired) electrons. The van der Waals surface area contributed by atoms with E-state index in [0.717, 1.165) is 47.2 Å². The van der Waals surface area contributed by atoms with Gasteiger partial charge in [0.15, 0.2) is 6.61 Å². The van der Waals surface area contributed by atoms with Crippen LogP contribution in [0.4, 0.5) is 0 Å². The Labute approximate surface area is 217 Å². The number of methoxy groups -OCH3 is 1. The third-order valence-corrected chi connectivity index (χ3v) is 6.88. The zero-order valence-corrected chi connectivity index (χ0v) is 20.9. The number of benzene rings is 3. The molecule has 188 valence electrons. The number of hydrogen-bond donors (Lipinski definition) is 0. The summed E-state index contributed by atoms with van der Waals surface area (Å²) in [6.07, 6.45) is 5.14. The molecule has 0 N–H and O–H groups in total. The number of carbonyl (C=O) groups excluding carboxylic acids is 2. The fraction of sp³-hybridized carbons (Fsp3) is 0.258. The Morgan fingerprint density at radius 1 is 1.00 bits per heavy atom. The number of fused-ring (bicyclic) bond motifs is 1. The summed E-state index contributed by atoms with van der Waals surface area (Å²) in [6.45, 7) is -0.354. The fourth-order valence-corrected chi connectivity index (χ4v) is 5.15. The second-order valence-corrected chi connectivity index (χ2v) is 9.35. The van der Waals surface area contributed by atoms with E-state index in [2.05, 4.69) is 18.2 Å². The lowest BCUT2D eigenvalue weighted by Crippen LogP contribution is -2.34. The molecule has 0 saturated heterocycles. The van der Waals surface area contributed by atoms with Gasteiger partial charge in [0.1, 0.15) is 5.75 Å². The third kappa shape index (κ3) is 5.64. The molecule has 1 amide bonds. The molecule has 0 aromatic heterocycles. The van der Waals surface area contributed by atoms with Gasteiger partial charge in [-0.3, -0.25) is 9.59 Å². The minimum Gasteiger partial charge on any atom is -0.497 e. The first-order valence-corrected chi connectivity index (χ1v) is 12.6. The molecule has 1 heterocycles. The number of allylic oxidation sites excluding steroid dienone is 1. The molecular weight excluding hydrogens is 464 g/mol. The number of hydrazone groups is 1. The largest absolute Gasteiger partial charge is 0.497 e. The maximum Gasteiger partial charge on any atom is 0.310 e. The van der Waals surface area contributed by atoms with E-state index < -0.39 is 5.97 Å². The minimum absolute atomic E-state index is 0.0632. The van der Waals surface area contributed by atoms with Crippen LogP contribution in [0.5, 0.6) is 5.75 Å². The van der Waals surface area contributed by atoms with Gasteiger partial charge in [0.05, 0.1) is 25.3 Å². The molecule has 1 aliphatic heterocycles. The first kappa shape index (κ1) is 24.5. The van der Waals surface area contributed by atoms with Crippen molar-refractivity contribution < 1.29 is 19.1 Å². The van der Waals surface area contributed by atoms with Crippen LogP contribution in [0.15, 0.2) is 95.6 Å². The zero-order valence-electron chi connectivity index (χ0n) is 20.9. The quantitative estimate of drug-likeness (QED) is 0.401. The van der Waals surface area contributed by atoms with Gasteiger partial charge in [0.2, 0.25) is 0 Å². The van der Waals surface area contributed by atoms with Crippen LogP contribution in [0.3, 0.4) is 0 Å². The first-order chi connectivity index (χ1) is 18.1. The van der Waals surface area contributed by atoms with Crippen molar-refractivity contribution in [1.82, 2.24) is 5.01 Å². The molecule has 2 aliphatic rings. The molecule has 2 atom stereocenters. The Morgan fingerprint density at radius 3 is 2.51 bits per heavy atom. The highest BCUT2D eigenvalue weighted by Crippen LogP contribution is 2.44. The van der Waals surface area contributed by atoms with E-state index in [1.807, 2.05) is 66.7 Å². The average molecular weight is 495 g/mol. The van der Waals surface area contributed by atoms with Crippen molar-refractivity contribution in [3.05, 3.63) is 107 Å². The van der Waals surface area contributed by atoms with Crippen LogP contribution in [0.2, 0.25) is 0 Å². The van der Waals surface area contributed by atoms with Gasteiger partial charge in [0.25, 0.3) is 5.91 Å². The van der Waals surface area contributed by atoms with Crippen LogP contribution in [0, 0.1) is 5.92 Å². The predicted molar refractivity (Wildman–Crippen MR) is 143 cm³/mol. The Hall–Kier alpha value is -4.19. The van der Waals surface area contributed by atoms with Gasteiger partial charge < -0.3 is 9.47 Å². The molecule has 1 saturated carbocycles. The van der Waals surface area contributed by atoms with E-state index >= 15 is 0 Å². The smallest absolute Gasteiger partial charge is 0.310 e. The fourth-order valence-electron chi connectivity index (χ4n) is 5.15. The molecule has 1 aliphatic carbocycles. The van der Waals surface area contributed by atoms with Crippen molar-refractivity contribution in [3.8, 4) is 5.75 Å². The van der Waals surface area contributed by atoms with Crippen LogP contribution in [0.1, 0.15) is 42.0 Å². The molecule has 0 spiro atoms. The predicted octanol–water partition coefficient (Wildman–Crippen LogP) is 5.60. The molecule has 3 aromatic carbocycles. The van der Waals surface area contributed by atoms with Crippen molar-refractivity contribution in [1.29, 1.82) is 0 Å². The molecule has 0 unspecified atom stereocenters. The minimum atomic E-state index is -0.466. The lowest BCUT2D eigenvalue weighted by atomic mass is 9.77. The van der Waals surface area contributed by atoms with Crippen molar-refractivity contribution >= 4 is 23.7 Å². The lowest BCUT2D eigenvalue weighted by molar-refractivity contribution is -0.152. The van der Waals surface area contributed by atoms with Gasteiger partial charge in [-0.05, 0) is 59.7 Å². The van der Waals surface area contributed by atoms with Gasteiger partial charge in [0, 0.05) is 5.92 Å². The molecule has 6 heteroatoms. The molecule has 3 aromatic rings. The molecule has 1 fully saturated rings. The number of carbonyl (C=O) groups is 2. The third-order valence-electron chi connectivity index (χ3n) is 6.88. The summed E-state index contributed by atoms with van der Waals surface area (Å²) in [6, 6.07) is 27.2. The summed E-state index contributed by atoms with van der Waals surface area (Å²) in [4.78, 5) is 25.9. The topological polar surface area (TPSA) is 68.2 Å². The second-order valence-electron chi connectivity index (χ2n) is 9.35. The van der Waals surface area contributed by atoms with Crippen molar-refractivity contribution in [2.45, 2.75) is 31.7 Å². The molecule has 6 nitrogen and oxygen atoms in total. The normalized spacial score (nSPS) is 19.8. The monoisotopic (exact) mass is 494 g/mol. The van der Waals surface area contributed by atoms with E-state index in [4.69, 9.17) is 14.6 Å². The number of ether oxygens (including phenoxy) is 2. The number of hydrogen-bond acceptors (Lipinski definition) is 5. The lowest BCUT2D eigenvalue weighted by Gasteiger charge is -2.29. The first-order valence-electron chi connectivity index (χ1n) is 12.6. The average Bonchev–Trinajstić information content (AvgIpc) is 3.34. The summed E-state index contributed by atoms with van der Waals surface area (Å²) < 4.78 is 10.6. The Kier molecular flexibility index (Phi) is 7.45. The van der Waals surface area contributed by atoms with Crippen molar-refractivity contribution in [3.63, 3.8) is 0 Å². The highest BCUT2D eigenvalue weighted by Gasteiger charge is 2.43. The standard InChI is InChI=1S/C31H30N2O4/c1-36-26-16-8-12-23(19-26)20-29(35)37-21-28(34)33-31(24-13-6-3-7-14-24)27-17-9-15-25(30(27)32-33)18-22-10-4-2-5-11-22/h2-8,10-14,16,18-19,27,31H,9,15,17,20-21H2,1H3/b25-18-/t27-,31-/m1/s1. The van der Waals surface area contributed by atoms with Gasteiger partial charge in [-0.15, -0.1) is 0 Å². The Morgan fingerprint density at radius 2 is 1.76 bits per heavy atom. The van der Waals surface area contributed by atoms with Crippen LogP contribution < -0.4 is 4.74 Å². The van der Waals surface area contributed by atoms with Crippen LogP contribution in [-0.2, 0) is 20.7 Å². The number of rotatable bonds is 7. The van der Waals surface area contributed by atoms with Crippen molar-refractivity contribution in [2.75, 3.05) is 13.7 Å². The van der Waals surface area contributed by atoms with Gasteiger partial charge in [-0.25, -0.2) is 5.01 Å². The van der Waals surface area contributed by atoms with Crippen LogP contribution in [0.25, 0.3) is 6.08 Å². The Bertz CT molecular complexity index is 1320. The Balaban J connectivity index is 1.35. The van der Waals surface area contributed by atoms with Crippen LogP contribution in [-0.4, -0.2) is 36.3 Å². The van der Waals surface area contributed by atoms with E-state index in [-0.39, 0.29) is 30.9 Å². The summed E-state index contributed by atoms with van der Waals surface area (Å²) in [5, 5.41) is 6.39. The highest BCUT2D eigenvalue weighted by molar-refractivity contribution is 6.08. The maximum absolute atomic E-state index is 13.4. The van der Waals surface area contributed by atoms with Gasteiger partial charge in [-0.2, -0.15) is 5.10 Å². The summed E-state index contributed by atoms with van der Waals surface area (Å²) in [5.74, 6) is -0.0231. The maximum atomic E-state index is 13.4. The SMILES string of the molecule is COc1cccc(CC(=O)OCC(=O)N2N=C3/C(=C\c4ccccc4)CCC[C@H]3[C@H]2c2ccccc2)c1. The summed E-state index contributed by atoms with van der Waals surface area (Å²) in [7, 11) is 1.58. The van der Waals surface area contributed by atoms with E-state index in [9.17, 15) is 9.59 Å². The number of amides is 1. The summed E-state index contributed by atoms with van der Waals surface area (Å²) >= 11 is 0. The summed E-state index contributed by atoms with van der Waals surface area (Å²) in [5.41, 5.74) is 5.03. The van der Waals surface area contributed by atoms with E-state index in [1.165, 1.54) is 5.01 Å². The van der Waals surface area contributed by atoms with E-state index in [0.29, 0.717) is 5.75 Å². The molecule has 0 bridgehead atoms. The van der Waals surface area contributed by atoms with Crippen molar-refractivity contribution in [2.24, 2.45) is 11.0 Å². The highest BCUT2D eigenvalue weighted by atomic mass is 16.5. The second kappa shape index (κ2) is 11.2. The zero-order chi connectivity index (χ0) is 25.6. The van der Waals surface area contributed by atoms with E-state index in [1.54, 1.807) is 13.2 Å².